The van der Waals surface area contributed by atoms with Crippen molar-refractivity contribution in [1.29, 1.82) is 0 Å². The molecule has 1 saturated heterocycles. The predicted octanol–water partition coefficient (Wildman–Crippen LogP) is 0.807. The number of rotatable bonds is 2. The highest BCUT2D eigenvalue weighted by molar-refractivity contribution is 6.05. The minimum absolute atomic E-state index is 0.168. The van der Waals surface area contributed by atoms with Crippen LogP contribution >= 0.6 is 0 Å². The van der Waals surface area contributed by atoms with Gasteiger partial charge in [-0.3, -0.25) is 14.6 Å². The van der Waals surface area contributed by atoms with Crippen molar-refractivity contribution in [2.45, 2.75) is 19.3 Å². The van der Waals surface area contributed by atoms with E-state index in [1.807, 2.05) is 0 Å². The molecule has 0 spiro atoms. The summed E-state index contributed by atoms with van der Waals surface area (Å²) in [7, 11) is 0. The molecule has 0 unspecified atom stereocenters. The van der Waals surface area contributed by atoms with Gasteiger partial charge in [0.25, 0.3) is 11.8 Å². The molecule has 2 heterocycles. The lowest BCUT2D eigenvalue weighted by atomic mass is 10.1. The number of primary amides is 1. The Bertz CT molecular complexity index is 439. The molecule has 1 aromatic heterocycles. The Kier molecular flexibility index (Phi) is 3.37. The fourth-order valence-electron chi connectivity index (χ4n) is 2.02. The molecule has 2 amide bonds. The van der Waals surface area contributed by atoms with Crippen molar-refractivity contribution in [3.63, 3.8) is 0 Å². The molecule has 0 aliphatic carbocycles. The van der Waals surface area contributed by atoms with Gasteiger partial charge in [-0.05, 0) is 31.4 Å². The highest BCUT2D eigenvalue weighted by atomic mass is 16.2. The average Bonchev–Trinajstić information content (AvgIpc) is 2.39. The number of hydrogen-bond acceptors (Lipinski definition) is 3. The number of aromatic nitrogens is 1. The van der Waals surface area contributed by atoms with Crippen LogP contribution in [0.3, 0.4) is 0 Å². The van der Waals surface area contributed by atoms with Gasteiger partial charge in [-0.15, -0.1) is 0 Å². The lowest BCUT2D eigenvalue weighted by molar-refractivity contribution is 0.0713. The van der Waals surface area contributed by atoms with Crippen molar-refractivity contribution in [3.05, 3.63) is 29.6 Å². The minimum atomic E-state index is -0.613. The lowest BCUT2D eigenvalue weighted by Gasteiger charge is -2.26. The van der Waals surface area contributed by atoms with E-state index in [4.69, 9.17) is 5.73 Å². The molecule has 90 valence electrons. The molecule has 1 aliphatic heterocycles. The van der Waals surface area contributed by atoms with Crippen LogP contribution in [-0.4, -0.2) is 34.8 Å². The van der Waals surface area contributed by atoms with Crippen LogP contribution in [-0.2, 0) is 0 Å². The maximum absolute atomic E-state index is 12.2. The normalized spacial score (nSPS) is 15.6. The number of amides is 2. The van der Waals surface area contributed by atoms with E-state index in [2.05, 4.69) is 4.98 Å². The van der Waals surface area contributed by atoms with Crippen LogP contribution in [0.25, 0.3) is 0 Å². The molecule has 17 heavy (non-hydrogen) atoms. The number of nitrogens with zero attached hydrogens (tertiary/aromatic N) is 2. The molecule has 0 bridgehead atoms. The second kappa shape index (κ2) is 4.95. The van der Waals surface area contributed by atoms with E-state index in [1.54, 1.807) is 11.0 Å². The first-order chi connectivity index (χ1) is 8.20. The van der Waals surface area contributed by atoms with E-state index in [0.717, 1.165) is 32.4 Å². The molecule has 1 aliphatic rings. The van der Waals surface area contributed by atoms with E-state index >= 15 is 0 Å². The van der Waals surface area contributed by atoms with Crippen LogP contribution in [0.1, 0.15) is 40.1 Å². The van der Waals surface area contributed by atoms with Crippen LogP contribution < -0.4 is 5.73 Å². The molecule has 0 radical (unpaired) electrons. The number of pyridine rings is 1. The van der Waals surface area contributed by atoms with Gasteiger partial charge in [-0.2, -0.15) is 0 Å². The van der Waals surface area contributed by atoms with E-state index in [9.17, 15) is 9.59 Å². The molecule has 0 saturated carbocycles. The Hall–Kier alpha value is -1.91. The van der Waals surface area contributed by atoms with Gasteiger partial charge in [0.15, 0.2) is 0 Å². The van der Waals surface area contributed by atoms with Crippen molar-refractivity contribution >= 4 is 11.8 Å². The summed E-state index contributed by atoms with van der Waals surface area (Å²) in [6.45, 7) is 1.46. The molecule has 1 aromatic rings. The van der Waals surface area contributed by atoms with E-state index in [1.165, 1.54) is 12.3 Å². The van der Waals surface area contributed by atoms with Crippen molar-refractivity contribution < 1.29 is 9.59 Å². The monoisotopic (exact) mass is 233 g/mol. The Labute approximate surface area is 99.6 Å². The van der Waals surface area contributed by atoms with Crippen LogP contribution in [0.4, 0.5) is 0 Å². The van der Waals surface area contributed by atoms with Gasteiger partial charge in [0.1, 0.15) is 5.69 Å². The number of carbonyl (C=O) groups excluding carboxylic acids is 2. The largest absolute Gasteiger partial charge is 0.366 e. The minimum Gasteiger partial charge on any atom is -0.366 e. The molecule has 0 aromatic carbocycles. The Morgan fingerprint density at radius 2 is 1.94 bits per heavy atom. The van der Waals surface area contributed by atoms with Crippen molar-refractivity contribution in [2.75, 3.05) is 13.1 Å². The summed E-state index contributed by atoms with van der Waals surface area (Å²) in [5.41, 5.74) is 5.60. The second-order valence-corrected chi connectivity index (χ2v) is 4.12. The molecular weight excluding hydrogens is 218 g/mol. The zero-order valence-electron chi connectivity index (χ0n) is 9.56. The average molecular weight is 233 g/mol. The van der Waals surface area contributed by atoms with Gasteiger partial charge in [-0.1, -0.05) is 0 Å². The first-order valence-corrected chi connectivity index (χ1v) is 5.74. The molecule has 5 heteroatoms. The highest BCUT2D eigenvalue weighted by Crippen LogP contribution is 2.14. The van der Waals surface area contributed by atoms with Gasteiger partial charge >= 0.3 is 0 Å². The molecule has 2 N–H and O–H groups in total. The fraction of sp³-hybridized carbons (Fsp3) is 0.417. The highest BCUT2D eigenvalue weighted by Gasteiger charge is 2.23. The summed E-state index contributed by atoms with van der Waals surface area (Å²) in [6.07, 6.45) is 4.66. The summed E-state index contributed by atoms with van der Waals surface area (Å²) in [6, 6.07) is 3.14. The zero-order chi connectivity index (χ0) is 12.3. The van der Waals surface area contributed by atoms with Gasteiger partial charge in [-0.25, -0.2) is 0 Å². The number of hydrogen-bond donors (Lipinski definition) is 1. The quantitative estimate of drug-likeness (QED) is 0.821. The van der Waals surface area contributed by atoms with Crippen LogP contribution in [0, 0.1) is 0 Å². The Balaban J connectivity index is 2.26. The standard InChI is InChI=1S/C12H15N3O2/c13-11(16)9-5-4-6-14-10(9)12(17)15-7-2-1-3-8-15/h4-6H,1-3,7-8H2,(H2,13,16). The zero-order valence-corrected chi connectivity index (χ0v) is 9.56. The van der Waals surface area contributed by atoms with E-state index in [0.29, 0.717) is 0 Å². The maximum Gasteiger partial charge on any atom is 0.273 e. The lowest BCUT2D eigenvalue weighted by Crippen LogP contribution is -2.37. The Morgan fingerprint density at radius 1 is 1.24 bits per heavy atom. The van der Waals surface area contributed by atoms with Gasteiger partial charge < -0.3 is 10.6 Å². The van der Waals surface area contributed by atoms with Gasteiger partial charge in [0, 0.05) is 19.3 Å². The number of nitrogens with two attached hydrogens (primary N) is 1. The third-order valence-corrected chi connectivity index (χ3v) is 2.92. The van der Waals surface area contributed by atoms with Crippen LogP contribution in [0.5, 0.6) is 0 Å². The third-order valence-electron chi connectivity index (χ3n) is 2.92. The van der Waals surface area contributed by atoms with E-state index < -0.39 is 5.91 Å². The van der Waals surface area contributed by atoms with Gasteiger partial charge in [0.05, 0.1) is 5.56 Å². The third kappa shape index (κ3) is 2.43. The summed E-state index contributed by atoms with van der Waals surface area (Å²) in [5.74, 6) is -0.808. The molecule has 2 rings (SSSR count). The van der Waals surface area contributed by atoms with Crippen molar-refractivity contribution in [3.8, 4) is 0 Å². The predicted molar refractivity (Wildman–Crippen MR) is 62.5 cm³/mol. The summed E-state index contributed by atoms with van der Waals surface area (Å²) >= 11 is 0. The topological polar surface area (TPSA) is 76.3 Å². The first kappa shape index (κ1) is 11.6. The number of carbonyl (C=O) groups is 2. The first-order valence-electron chi connectivity index (χ1n) is 5.74. The molecule has 0 atom stereocenters. The molecule has 1 fully saturated rings. The van der Waals surface area contributed by atoms with Crippen molar-refractivity contribution in [1.82, 2.24) is 9.88 Å². The number of piperidine rings is 1. The van der Waals surface area contributed by atoms with Crippen molar-refractivity contribution in [2.24, 2.45) is 5.73 Å². The van der Waals surface area contributed by atoms with E-state index in [-0.39, 0.29) is 17.2 Å². The van der Waals surface area contributed by atoms with Gasteiger partial charge in [0.2, 0.25) is 0 Å². The summed E-state index contributed by atoms with van der Waals surface area (Å²) in [5, 5.41) is 0. The molecule has 5 nitrogen and oxygen atoms in total. The summed E-state index contributed by atoms with van der Waals surface area (Å²) in [4.78, 5) is 29.1. The Morgan fingerprint density at radius 3 is 2.59 bits per heavy atom. The SMILES string of the molecule is NC(=O)c1cccnc1C(=O)N1CCCCC1. The van der Waals surface area contributed by atoms with Crippen LogP contribution in [0.15, 0.2) is 18.3 Å². The van der Waals surface area contributed by atoms with Crippen LogP contribution in [0.2, 0.25) is 0 Å². The molecular formula is C12H15N3O2. The second-order valence-electron chi connectivity index (χ2n) is 4.12. The number of likely N-dealkylation sites (tertiary alicyclic amines) is 1. The maximum atomic E-state index is 12.2. The summed E-state index contributed by atoms with van der Waals surface area (Å²) < 4.78 is 0. The smallest absolute Gasteiger partial charge is 0.273 e. The fourth-order valence-corrected chi connectivity index (χ4v) is 2.02.